The average molecular weight is 305 g/mol. The standard InChI is InChI=1S/C16H19NO5/c1-11-8-13(18)15(16(20)21-2)17(11)9-14(19)22-10-12-6-4-3-5-7-12/h3-7,11,15H,8-10H2,1-2H3/t11-,15?/m1/s1. The smallest absolute Gasteiger partial charge is 0.330 e. The second kappa shape index (κ2) is 7.17. The monoisotopic (exact) mass is 305 g/mol. The first-order valence-corrected chi connectivity index (χ1v) is 7.08. The summed E-state index contributed by atoms with van der Waals surface area (Å²) in [6, 6.07) is 8.10. The van der Waals surface area contributed by atoms with E-state index in [0.717, 1.165) is 5.56 Å². The third-order valence-electron chi connectivity index (χ3n) is 3.68. The van der Waals surface area contributed by atoms with E-state index in [0.29, 0.717) is 0 Å². The van der Waals surface area contributed by atoms with Crippen molar-refractivity contribution < 1.29 is 23.9 Å². The molecule has 22 heavy (non-hydrogen) atoms. The van der Waals surface area contributed by atoms with Gasteiger partial charge in [0.05, 0.1) is 13.7 Å². The Labute approximate surface area is 129 Å². The van der Waals surface area contributed by atoms with Gasteiger partial charge in [-0.2, -0.15) is 0 Å². The van der Waals surface area contributed by atoms with Gasteiger partial charge in [-0.05, 0) is 12.5 Å². The zero-order chi connectivity index (χ0) is 16.1. The molecule has 2 atom stereocenters. The Kier molecular flexibility index (Phi) is 5.27. The summed E-state index contributed by atoms with van der Waals surface area (Å²) in [4.78, 5) is 37.0. The second-order valence-electron chi connectivity index (χ2n) is 5.26. The molecule has 0 radical (unpaired) electrons. The molecule has 0 spiro atoms. The van der Waals surface area contributed by atoms with Crippen molar-refractivity contribution in [2.45, 2.75) is 32.0 Å². The molecule has 1 fully saturated rings. The number of hydrogen-bond donors (Lipinski definition) is 0. The number of rotatable bonds is 5. The first-order valence-electron chi connectivity index (χ1n) is 7.08. The summed E-state index contributed by atoms with van der Waals surface area (Å²) in [6.07, 6.45) is 0.228. The summed E-state index contributed by atoms with van der Waals surface area (Å²) in [6.45, 7) is 1.85. The molecule has 1 heterocycles. The van der Waals surface area contributed by atoms with Gasteiger partial charge in [-0.15, -0.1) is 0 Å². The molecule has 6 heteroatoms. The summed E-state index contributed by atoms with van der Waals surface area (Å²) >= 11 is 0. The quantitative estimate of drug-likeness (QED) is 0.595. The van der Waals surface area contributed by atoms with Crippen LogP contribution in [0, 0.1) is 0 Å². The van der Waals surface area contributed by atoms with E-state index in [1.54, 1.807) is 6.92 Å². The molecule has 0 bridgehead atoms. The van der Waals surface area contributed by atoms with Gasteiger partial charge in [0.25, 0.3) is 0 Å². The minimum Gasteiger partial charge on any atom is -0.468 e. The maximum Gasteiger partial charge on any atom is 0.330 e. The van der Waals surface area contributed by atoms with Gasteiger partial charge in [0.15, 0.2) is 11.8 Å². The van der Waals surface area contributed by atoms with Crippen LogP contribution in [0.1, 0.15) is 18.9 Å². The lowest BCUT2D eigenvalue weighted by Crippen LogP contribution is -2.45. The summed E-state index contributed by atoms with van der Waals surface area (Å²) in [5, 5.41) is 0. The third-order valence-corrected chi connectivity index (χ3v) is 3.68. The number of hydrogen-bond acceptors (Lipinski definition) is 6. The van der Waals surface area contributed by atoms with Crippen LogP contribution in [-0.4, -0.2) is 48.4 Å². The maximum absolute atomic E-state index is 12.0. The molecule has 6 nitrogen and oxygen atoms in total. The van der Waals surface area contributed by atoms with E-state index < -0.39 is 18.0 Å². The number of likely N-dealkylation sites (tertiary alicyclic amines) is 1. The SMILES string of the molecule is COC(=O)C1C(=O)C[C@@H](C)N1CC(=O)OCc1ccccc1. The fraction of sp³-hybridized carbons (Fsp3) is 0.438. The number of carbonyl (C=O) groups is 3. The van der Waals surface area contributed by atoms with Crippen LogP contribution >= 0.6 is 0 Å². The van der Waals surface area contributed by atoms with E-state index in [1.807, 2.05) is 30.3 Å². The zero-order valence-corrected chi connectivity index (χ0v) is 12.7. The van der Waals surface area contributed by atoms with Gasteiger partial charge < -0.3 is 9.47 Å². The van der Waals surface area contributed by atoms with Gasteiger partial charge in [0.1, 0.15) is 6.61 Å². The van der Waals surface area contributed by atoms with Gasteiger partial charge in [-0.3, -0.25) is 14.5 Å². The predicted molar refractivity (Wildman–Crippen MR) is 77.8 cm³/mol. The van der Waals surface area contributed by atoms with Crippen molar-refractivity contribution >= 4 is 17.7 Å². The van der Waals surface area contributed by atoms with Gasteiger partial charge in [-0.1, -0.05) is 30.3 Å². The van der Waals surface area contributed by atoms with Crippen LogP contribution in [0.15, 0.2) is 30.3 Å². The fourth-order valence-corrected chi connectivity index (χ4v) is 2.52. The summed E-state index contributed by atoms with van der Waals surface area (Å²) < 4.78 is 9.83. The van der Waals surface area contributed by atoms with E-state index in [9.17, 15) is 14.4 Å². The van der Waals surface area contributed by atoms with Gasteiger partial charge in [-0.25, -0.2) is 4.79 Å². The highest BCUT2D eigenvalue weighted by Gasteiger charge is 2.44. The largest absolute Gasteiger partial charge is 0.468 e. The topological polar surface area (TPSA) is 72.9 Å². The molecular weight excluding hydrogens is 286 g/mol. The predicted octanol–water partition coefficient (Wildman–Crippen LogP) is 0.935. The Morgan fingerprint density at radius 1 is 1.27 bits per heavy atom. The first-order chi connectivity index (χ1) is 10.5. The highest BCUT2D eigenvalue weighted by Crippen LogP contribution is 2.21. The van der Waals surface area contributed by atoms with E-state index >= 15 is 0 Å². The molecule has 0 N–H and O–H groups in total. The van der Waals surface area contributed by atoms with Crippen molar-refractivity contribution in [2.75, 3.05) is 13.7 Å². The molecule has 1 unspecified atom stereocenters. The molecule has 0 amide bonds. The number of ketones is 1. The molecular formula is C16H19NO5. The minimum absolute atomic E-state index is 0.112. The molecule has 118 valence electrons. The molecule has 0 saturated carbocycles. The van der Waals surface area contributed by atoms with Crippen molar-refractivity contribution in [3.63, 3.8) is 0 Å². The molecule has 1 aromatic rings. The number of carbonyl (C=O) groups excluding carboxylic acids is 3. The Morgan fingerprint density at radius 2 is 1.95 bits per heavy atom. The van der Waals surface area contributed by atoms with E-state index in [-0.39, 0.29) is 31.4 Å². The molecule has 0 aliphatic carbocycles. The third kappa shape index (κ3) is 3.71. The van der Waals surface area contributed by atoms with Crippen LogP contribution in [0.25, 0.3) is 0 Å². The number of nitrogens with zero attached hydrogens (tertiary/aromatic N) is 1. The van der Waals surface area contributed by atoms with E-state index in [1.165, 1.54) is 12.0 Å². The second-order valence-corrected chi connectivity index (χ2v) is 5.26. The van der Waals surface area contributed by atoms with Crippen molar-refractivity contribution in [2.24, 2.45) is 0 Å². The lowest BCUT2D eigenvalue weighted by atomic mass is 10.2. The molecule has 1 saturated heterocycles. The van der Waals surface area contributed by atoms with Crippen LogP contribution in [0.4, 0.5) is 0 Å². The van der Waals surface area contributed by atoms with Crippen LogP contribution in [0.3, 0.4) is 0 Å². The molecule has 0 aromatic heterocycles. The number of Topliss-reactive ketones (excluding diaryl/α,β-unsaturated/α-hetero) is 1. The van der Waals surface area contributed by atoms with Crippen LogP contribution in [0.2, 0.25) is 0 Å². The van der Waals surface area contributed by atoms with Crippen molar-refractivity contribution in [1.82, 2.24) is 4.90 Å². The molecule has 2 rings (SSSR count). The number of benzene rings is 1. The highest BCUT2D eigenvalue weighted by molar-refractivity contribution is 6.05. The van der Waals surface area contributed by atoms with Crippen molar-refractivity contribution in [1.29, 1.82) is 0 Å². The van der Waals surface area contributed by atoms with Crippen LogP contribution in [0.5, 0.6) is 0 Å². The minimum atomic E-state index is -1.01. The average Bonchev–Trinajstić information content (AvgIpc) is 2.79. The normalized spacial score (nSPS) is 21.6. The van der Waals surface area contributed by atoms with E-state index in [4.69, 9.17) is 4.74 Å². The Morgan fingerprint density at radius 3 is 2.59 bits per heavy atom. The lowest BCUT2D eigenvalue weighted by molar-refractivity contribution is -0.152. The van der Waals surface area contributed by atoms with Crippen molar-refractivity contribution in [3.8, 4) is 0 Å². The lowest BCUT2D eigenvalue weighted by Gasteiger charge is -2.24. The van der Waals surface area contributed by atoms with Gasteiger partial charge in [0.2, 0.25) is 0 Å². The van der Waals surface area contributed by atoms with Gasteiger partial charge >= 0.3 is 11.9 Å². The number of methoxy groups -OCH3 is 1. The van der Waals surface area contributed by atoms with Gasteiger partial charge in [0, 0.05) is 12.5 Å². The fourth-order valence-electron chi connectivity index (χ4n) is 2.52. The first kappa shape index (κ1) is 16.2. The van der Waals surface area contributed by atoms with Crippen LogP contribution < -0.4 is 0 Å². The summed E-state index contributed by atoms with van der Waals surface area (Å²) in [5.41, 5.74) is 0.880. The van der Waals surface area contributed by atoms with E-state index in [2.05, 4.69) is 4.74 Å². The number of esters is 2. The zero-order valence-electron chi connectivity index (χ0n) is 12.7. The Bertz CT molecular complexity index is 549. The molecule has 1 aliphatic heterocycles. The van der Waals surface area contributed by atoms with Crippen molar-refractivity contribution in [3.05, 3.63) is 35.9 Å². The Balaban J connectivity index is 1.94. The molecule has 1 aliphatic rings. The number of ether oxygens (including phenoxy) is 2. The summed E-state index contributed by atoms with van der Waals surface area (Å²) in [5.74, 6) is -1.33. The maximum atomic E-state index is 12.0. The molecule has 1 aromatic carbocycles. The Hall–Kier alpha value is -2.21. The highest BCUT2D eigenvalue weighted by atomic mass is 16.5. The van der Waals surface area contributed by atoms with Crippen LogP contribution in [-0.2, 0) is 30.5 Å². The summed E-state index contributed by atoms with van der Waals surface area (Å²) in [7, 11) is 1.23.